The van der Waals surface area contributed by atoms with E-state index in [2.05, 4.69) is 9.97 Å². The van der Waals surface area contributed by atoms with E-state index in [-0.39, 0.29) is 17.7 Å². The first-order valence-electron chi connectivity index (χ1n) is 5.69. The smallest absolute Gasteiger partial charge is 0.242 e. The highest BCUT2D eigenvalue weighted by molar-refractivity contribution is 5.91. The molecule has 1 heterocycles. The predicted molar refractivity (Wildman–Crippen MR) is 69.1 cm³/mol. The highest BCUT2D eigenvalue weighted by Gasteiger charge is 2.16. The van der Waals surface area contributed by atoms with Crippen molar-refractivity contribution >= 4 is 17.7 Å². The number of carbonyl (C=O) groups is 1. The SMILES string of the molecule is COc1cc(OC)nc(N(C(=O)[O-])c2ccccc2)n1. The zero-order chi connectivity index (χ0) is 14.5. The van der Waals surface area contributed by atoms with Crippen molar-refractivity contribution in [2.75, 3.05) is 19.1 Å². The number of para-hydroxylation sites is 1. The molecule has 0 spiro atoms. The van der Waals surface area contributed by atoms with E-state index in [9.17, 15) is 9.90 Å². The Morgan fingerprint density at radius 2 is 1.65 bits per heavy atom. The van der Waals surface area contributed by atoms with E-state index in [0.717, 1.165) is 4.90 Å². The van der Waals surface area contributed by atoms with Gasteiger partial charge in [0.05, 0.1) is 26.0 Å². The van der Waals surface area contributed by atoms with Gasteiger partial charge in [0.2, 0.25) is 17.7 Å². The Morgan fingerprint density at radius 1 is 1.10 bits per heavy atom. The number of rotatable bonds is 4. The van der Waals surface area contributed by atoms with Crippen molar-refractivity contribution in [2.45, 2.75) is 0 Å². The molecule has 2 rings (SSSR count). The Labute approximate surface area is 115 Å². The first-order chi connectivity index (χ1) is 9.65. The number of benzene rings is 1. The first kappa shape index (κ1) is 13.6. The lowest BCUT2D eigenvalue weighted by Crippen LogP contribution is -2.39. The number of anilines is 2. The number of nitrogens with zero attached hydrogens (tertiary/aromatic N) is 3. The van der Waals surface area contributed by atoms with Gasteiger partial charge in [-0.3, -0.25) is 4.90 Å². The average Bonchev–Trinajstić information content (AvgIpc) is 2.47. The van der Waals surface area contributed by atoms with Crippen molar-refractivity contribution in [3.63, 3.8) is 0 Å². The Balaban J connectivity index is 2.52. The third-order valence-electron chi connectivity index (χ3n) is 2.48. The van der Waals surface area contributed by atoms with E-state index in [1.54, 1.807) is 30.3 Å². The van der Waals surface area contributed by atoms with Crippen LogP contribution in [0.2, 0.25) is 0 Å². The molecule has 1 aromatic carbocycles. The maximum Gasteiger partial charge on any atom is 0.242 e. The molecule has 0 N–H and O–H groups in total. The summed E-state index contributed by atoms with van der Waals surface area (Å²) in [6.45, 7) is 0. The van der Waals surface area contributed by atoms with Crippen molar-refractivity contribution in [1.82, 2.24) is 9.97 Å². The number of carbonyl (C=O) groups excluding carboxylic acids is 1. The molecule has 7 heteroatoms. The van der Waals surface area contributed by atoms with Crippen LogP contribution in [0, 0.1) is 0 Å². The molecular formula is C13H12N3O4-. The lowest BCUT2D eigenvalue weighted by Gasteiger charge is -2.23. The summed E-state index contributed by atoms with van der Waals surface area (Å²) in [5.74, 6) is 0.274. The fourth-order valence-electron chi connectivity index (χ4n) is 1.58. The highest BCUT2D eigenvalue weighted by atomic mass is 16.5. The molecule has 1 amide bonds. The van der Waals surface area contributed by atoms with Crippen LogP contribution in [-0.4, -0.2) is 30.3 Å². The van der Waals surface area contributed by atoms with Crippen LogP contribution in [0.25, 0.3) is 0 Å². The minimum atomic E-state index is -1.45. The third kappa shape index (κ3) is 2.77. The summed E-state index contributed by atoms with van der Waals surface area (Å²) in [7, 11) is 2.83. The van der Waals surface area contributed by atoms with Crippen molar-refractivity contribution in [1.29, 1.82) is 0 Å². The second-order valence-electron chi connectivity index (χ2n) is 3.69. The van der Waals surface area contributed by atoms with E-state index in [1.165, 1.54) is 20.3 Å². The summed E-state index contributed by atoms with van der Waals surface area (Å²) >= 11 is 0. The van der Waals surface area contributed by atoms with Crippen LogP contribution >= 0.6 is 0 Å². The van der Waals surface area contributed by atoms with E-state index < -0.39 is 6.09 Å². The van der Waals surface area contributed by atoms with E-state index in [4.69, 9.17) is 9.47 Å². The number of amides is 1. The Kier molecular flexibility index (Phi) is 3.99. The molecule has 0 radical (unpaired) electrons. The molecule has 0 bridgehead atoms. The molecule has 20 heavy (non-hydrogen) atoms. The maximum absolute atomic E-state index is 11.4. The molecular weight excluding hydrogens is 262 g/mol. The largest absolute Gasteiger partial charge is 0.529 e. The predicted octanol–water partition coefficient (Wildman–Crippen LogP) is 0.975. The van der Waals surface area contributed by atoms with Crippen molar-refractivity contribution in [3.8, 4) is 11.8 Å². The number of hydrogen-bond donors (Lipinski definition) is 0. The van der Waals surface area contributed by atoms with Crippen molar-refractivity contribution < 1.29 is 19.4 Å². The average molecular weight is 274 g/mol. The second-order valence-corrected chi connectivity index (χ2v) is 3.69. The van der Waals surface area contributed by atoms with Gasteiger partial charge in [0.25, 0.3) is 0 Å². The van der Waals surface area contributed by atoms with Gasteiger partial charge in [-0.05, 0) is 12.1 Å². The zero-order valence-electron chi connectivity index (χ0n) is 10.9. The summed E-state index contributed by atoms with van der Waals surface area (Å²) in [5, 5.41) is 11.4. The second kappa shape index (κ2) is 5.87. The van der Waals surface area contributed by atoms with E-state index in [1.807, 2.05) is 0 Å². The summed E-state index contributed by atoms with van der Waals surface area (Å²) in [6.07, 6.45) is -1.45. The highest BCUT2D eigenvalue weighted by Crippen LogP contribution is 2.25. The minimum Gasteiger partial charge on any atom is -0.529 e. The lowest BCUT2D eigenvalue weighted by molar-refractivity contribution is -0.245. The van der Waals surface area contributed by atoms with Crippen molar-refractivity contribution in [3.05, 3.63) is 36.4 Å². The van der Waals surface area contributed by atoms with Crippen molar-refractivity contribution in [2.24, 2.45) is 0 Å². The number of aromatic nitrogens is 2. The third-order valence-corrected chi connectivity index (χ3v) is 2.48. The van der Waals surface area contributed by atoms with Crippen LogP contribution in [0.15, 0.2) is 36.4 Å². The lowest BCUT2D eigenvalue weighted by atomic mass is 10.3. The van der Waals surface area contributed by atoms with Crippen LogP contribution in [0.5, 0.6) is 11.8 Å². The van der Waals surface area contributed by atoms with Gasteiger partial charge >= 0.3 is 0 Å². The number of carboxylic acid groups (broad SMARTS) is 1. The monoisotopic (exact) mass is 274 g/mol. The van der Waals surface area contributed by atoms with Crippen LogP contribution in [0.1, 0.15) is 0 Å². The number of hydrogen-bond acceptors (Lipinski definition) is 6. The number of ether oxygens (including phenoxy) is 2. The van der Waals surface area contributed by atoms with Gasteiger partial charge in [-0.1, -0.05) is 18.2 Å². The summed E-state index contributed by atoms with van der Waals surface area (Å²) in [4.78, 5) is 20.2. The molecule has 0 aliphatic rings. The fraction of sp³-hybridized carbons (Fsp3) is 0.154. The summed E-state index contributed by atoms with van der Waals surface area (Å²) in [5.41, 5.74) is 0.364. The molecule has 0 aliphatic heterocycles. The fourth-order valence-corrected chi connectivity index (χ4v) is 1.58. The van der Waals surface area contributed by atoms with Gasteiger partial charge < -0.3 is 19.4 Å². The molecule has 0 saturated carbocycles. The summed E-state index contributed by atoms with van der Waals surface area (Å²) in [6, 6.07) is 9.81. The maximum atomic E-state index is 11.4. The standard InChI is InChI=1S/C13H13N3O4/c1-19-10-8-11(20-2)15-12(14-10)16(13(17)18)9-6-4-3-5-7-9/h3-8H,1-2H3,(H,17,18)/p-1. The van der Waals surface area contributed by atoms with Gasteiger partial charge in [0.15, 0.2) is 0 Å². The molecule has 0 aliphatic carbocycles. The zero-order valence-corrected chi connectivity index (χ0v) is 10.9. The van der Waals surface area contributed by atoms with Crippen LogP contribution < -0.4 is 19.5 Å². The van der Waals surface area contributed by atoms with Gasteiger partial charge in [0.1, 0.15) is 6.09 Å². The molecule has 0 fully saturated rings. The van der Waals surface area contributed by atoms with Crippen LogP contribution in [0.3, 0.4) is 0 Å². The van der Waals surface area contributed by atoms with Crippen LogP contribution in [-0.2, 0) is 0 Å². The van der Waals surface area contributed by atoms with E-state index in [0.29, 0.717) is 5.69 Å². The molecule has 0 saturated heterocycles. The quantitative estimate of drug-likeness (QED) is 0.825. The van der Waals surface area contributed by atoms with Gasteiger partial charge in [-0.15, -0.1) is 0 Å². The Morgan fingerprint density at radius 3 is 2.10 bits per heavy atom. The molecule has 2 aromatic rings. The first-order valence-corrected chi connectivity index (χ1v) is 5.69. The Bertz CT molecular complexity index is 582. The molecule has 7 nitrogen and oxygen atoms in total. The Hall–Kier alpha value is -2.83. The molecule has 104 valence electrons. The normalized spacial score (nSPS) is 9.90. The van der Waals surface area contributed by atoms with Crippen LogP contribution in [0.4, 0.5) is 16.4 Å². The van der Waals surface area contributed by atoms with Gasteiger partial charge in [-0.2, -0.15) is 9.97 Å². The minimum absolute atomic E-state index is 0.104. The number of methoxy groups -OCH3 is 2. The summed E-state index contributed by atoms with van der Waals surface area (Å²) < 4.78 is 9.98. The van der Waals surface area contributed by atoms with E-state index >= 15 is 0 Å². The molecule has 1 aromatic heterocycles. The topological polar surface area (TPSA) is 87.6 Å². The van der Waals surface area contributed by atoms with Gasteiger partial charge in [-0.25, -0.2) is 0 Å². The molecule has 0 atom stereocenters. The molecule has 0 unspecified atom stereocenters. The van der Waals surface area contributed by atoms with Gasteiger partial charge in [0, 0.05) is 0 Å².